The van der Waals surface area contributed by atoms with E-state index in [0.717, 1.165) is 23.9 Å². The van der Waals surface area contributed by atoms with Gasteiger partial charge in [0.15, 0.2) is 0 Å². The molecule has 0 atom stereocenters. The third-order valence-corrected chi connectivity index (χ3v) is 4.88. The molecule has 0 radical (unpaired) electrons. The molecule has 0 aromatic heterocycles. The number of methoxy groups -OCH3 is 1. The minimum Gasteiger partial charge on any atom is -0.496 e. The Hall–Kier alpha value is -1.55. The molecule has 1 fully saturated rings. The Balaban J connectivity index is 1.52. The van der Waals surface area contributed by atoms with E-state index in [-0.39, 0.29) is 0 Å². The van der Waals surface area contributed by atoms with E-state index < -0.39 is 0 Å². The van der Waals surface area contributed by atoms with Crippen LogP contribution in [0.5, 0.6) is 5.75 Å². The molecule has 2 N–H and O–H groups in total. The molecule has 3 nitrogen and oxygen atoms in total. The standard InChI is InChI=1S/C19H23ClN2O/c1-23-19-8-3-2-6-17(19)15-22-11-9-21(10-12-22)14-16-5-4-7-18(20)13-16/h2-8,13H,9-12,14-15H2,1H3/p+2. The van der Waals surface area contributed by atoms with Crippen molar-refractivity contribution < 1.29 is 14.5 Å². The molecule has 3 rings (SSSR count). The summed E-state index contributed by atoms with van der Waals surface area (Å²) in [6.07, 6.45) is 0. The van der Waals surface area contributed by atoms with Crippen molar-refractivity contribution >= 4 is 11.6 Å². The first kappa shape index (κ1) is 16.3. The second kappa shape index (κ2) is 7.82. The van der Waals surface area contributed by atoms with E-state index >= 15 is 0 Å². The quantitative estimate of drug-likeness (QED) is 0.830. The van der Waals surface area contributed by atoms with Gasteiger partial charge in [-0.3, -0.25) is 0 Å². The number of piperazine rings is 1. The molecule has 4 heteroatoms. The van der Waals surface area contributed by atoms with Gasteiger partial charge in [0.2, 0.25) is 0 Å². The van der Waals surface area contributed by atoms with E-state index in [4.69, 9.17) is 16.3 Å². The van der Waals surface area contributed by atoms with Crippen LogP contribution in [0.3, 0.4) is 0 Å². The van der Waals surface area contributed by atoms with Crippen LogP contribution in [0.25, 0.3) is 0 Å². The fourth-order valence-electron chi connectivity index (χ4n) is 3.36. The molecular weight excluding hydrogens is 308 g/mol. The van der Waals surface area contributed by atoms with E-state index in [1.165, 1.54) is 37.3 Å². The Labute approximate surface area is 143 Å². The summed E-state index contributed by atoms with van der Waals surface area (Å²) in [5.41, 5.74) is 2.64. The van der Waals surface area contributed by atoms with Gasteiger partial charge in [0.05, 0.1) is 7.11 Å². The average Bonchev–Trinajstić information content (AvgIpc) is 2.57. The number of ether oxygens (including phenoxy) is 1. The van der Waals surface area contributed by atoms with Gasteiger partial charge in [-0.05, 0) is 24.3 Å². The van der Waals surface area contributed by atoms with Crippen LogP contribution in [-0.4, -0.2) is 33.3 Å². The molecule has 2 aromatic rings. The highest BCUT2D eigenvalue weighted by Gasteiger charge is 2.23. The van der Waals surface area contributed by atoms with Crippen molar-refractivity contribution in [3.63, 3.8) is 0 Å². The average molecular weight is 333 g/mol. The van der Waals surface area contributed by atoms with Crippen LogP contribution in [0.2, 0.25) is 5.02 Å². The summed E-state index contributed by atoms with van der Waals surface area (Å²) in [4.78, 5) is 3.29. The molecule has 2 aromatic carbocycles. The van der Waals surface area contributed by atoms with Crippen LogP contribution in [0.1, 0.15) is 11.1 Å². The third-order valence-electron chi connectivity index (χ3n) is 4.64. The highest BCUT2D eigenvalue weighted by Crippen LogP contribution is 2.15. The number of benzene rings is 2. The largest absolute Gasteiger partial charge is 0.496 e. The smallest absolute Gasteiger partial charge is 0.127 e. The van der Waals surface area contributed by atoms with Crippen molar-refractivity contribution in [2.24, 2.45) is 0 Å². The first-order chi connectivity index (χ1) is 11.2. The van der Waals surface area contributed by atoms with Crippen LogP contribution >= 0.6 is 11.6 Å². The molecular formula is C19H25ClN2O+2. The molecule has 122 valence electrons. The van der Waals surface area contributed by atoms with Crippen LogP contribution in [0, 0.1) is 0 Å². The Morgan fingerprint density at radius 3 is 2.30 bits per heavy atom. The minimum atomic E-state index is 0.835. The van der Waals surface area contributed by atoms with Gasteiger partial charge in [-0.25, -0.2) is 0 Å². The molecule has 0 bridgehead atoms. The molecule has 0 aliphatic carbocycles. The Morgan fingerprint density at radius 1 is 0.913 bits per heavy atom. The lowest BCUT2D eigenvalue weighted by molar-refractivity contribution is -1.02. The Kier molecular flexibility index (Phi) is 5.55. The SMILES string of the molecule is COc1ccccc1C[NH+]1CC[NH+](Cc2cccc(Cl)c2)CC1. The van der Waals surface area contributed by atoms with Crippen molar-refractivity contribution in [3.8, 4) is 5.75 Å². The zero-order valence-electron chi connectivity index (χ0n) is 13.6. The second-order valence-corrected chi connectivity index (χ2v) is 6.73. The van der Waals surface area contributed by atoms with Gasteiger partial charge >= 0.3 is 0 Å². The number of hydrogen-bond acceptors (Lipinski definition) is 1. The summed E-state index contributed by atoms with van der Waals surface area (Å²) >= 11 is 6.08. The molecule has 1 heterocycles. The number of hydrogen-bond donors (Lipinski definition) is 2. The summed E-state index contributed by atoms with van der Waals surface area (Å²) in [5.74, 6) is 1.01. The molecule has 1 aliphatic rings. The zero-order valence-corrected chi connectivity index (χ0v) is 14.4. The lowest BCUT2D eigenvalue weighted by atomic mass is 10.1. The maximum Gasteiger partial charge on any atom is 0.127 e. The Bertz CT molecular complexity index is 639. The van der Waals surface area contributed by atoms with Gasteiger partial charge < -0.3 is 14.5 Å². The monoisotopic (exact) mass is 332 g/mol. The van der Waals surface area contributed by atoms with Crippen LogP contribution < -0.4 is 14.5 Å². The first-order valence-electron chi connectivity index (χ1n) is 8.28. The van der Waals surface area contributed by atoms with Gasteiger partial charge in [0.25, 0.3) is 0 Å². The van der Waals surface area contributed by atoms with Crippen molar-refractivity contribution in [1.82, 2.24) is 0 Å². The number of quaternary nitrogens is 2. The number of para-hydroxylation sites is 1. The predicted octanol–water partition coefficient (Wildman–Crippen LogP) is 0.832. The van der Waals surface area contributed by atoms with Crippen molar-refractivity contribution in [2.75, 3.05) is 33.3 Å². The highest BCUT2D eigenvalue weighted by molar-refractivity contribution is 6.30. The third kappa shape index (κ3) is 4.47. The zero-order chi connectivity index (χ0) is 16.1. The molecule has 0 amide bonds. The van der Waals surface area contributed by atoms with Gasteiger partial charge in [0.1, 0.15) is 45.0 Å². The molecule has 0 spiro atoms. The maximum absolute atomic E-state index is 6.08. The lowest BCUT2D eigenvalue weighted by Crippen LogP contribution is -3.27. The van der Waals surface area contributed by atoms with E-state index in [2.05, 4.69) is 30.3 Å². The maximum atomic E-state index is 6.08. The van der Waals surface area contributed by atoms with E-state index in [1.54, 1.807) is 16.9 Å². The fraction of sp³-hybridized carbons (Fsp3) is 0.368. The summed E-state index contributed by atoms with van der Waals surface area (Å²) in [7, 11) is 1.75. The fourth-order valence-corrected chi connectivity index (χ4v) is 3.58. The van der Waals surface area contributed by atoms with Crippen LogP contribution in [-0.2, 0) is 13.1 Å². The summed E-state index contributed by atoms with van der Waals surface area (Å²) in [6.45, 7) is 6.94. The van der Waals surface area contributed by atoms with Crippen molar-refractivity contribution in [1.29, 1.82) is 0 Å². The molecule has 1 saturated heterocycles. The summed E-state index contributed by atoms with van der Waals surface area (Å²) in [6, 6.07) is 16.6. The Morgan fingerprint density at radius 2 is 1.61 bits per heavy atom. The lowest BCUT2D eigenvalue weighted by Gasteiger charge is -2.30. The van der Waals surface area contributed by atoms with Crippen LogP contribution in [0.4, 0.5) is 0 Å². The molecule has 0 unspecified atom stereocenters. The molecule has 1 aliphatic heterocycles. The van der Waals surface area contributed by atoms with Gasteiger partial charge in [-0.1, -0.05) is 35.9 Å². The van der Waals surface area contributed by atoms with E-state index in [0.29, 0.717) is 0 Å². The van der Waals surface area contributed by atoms with E-state index in [1.807, 2.05) is 18.2 Å². The van der Waals surface area contributed by atoms with Crippen LogP contribution in [0.15, 0.2) is 48.5 Å². The van der Waals surface area contributed by atoms with Crippen molar-refractivity contribution in [3.05, 3.63) is 64.7 Å². The van der Waals surface area contributed by atoms with E-state index in [9.17, 15) is 0 Å². The van der Waals surface area contributed by atoms with Gasteiger partial charge in [-0.2, -0.15) is 0 Å². The van der Waals surface area contributed by atoms with Crippen molar-refractivity contribution in [2.45, 2.75) is 13.1 Å². The minimum absolute atomic E-state index is 0.835. The number of halogens is 1. The second-order valence-electron chi connectivity index (χ2n) is 6.30. The predicted molar refractivity (Wildman–Crippen MR) is 93.2 cm³/mol. The first-order valence-corrected chi connectivity index (χ1v) is 8.66. The topological polar surface area (TPSA) is 18.1 Å². The molecule has 23 heavy (non-hydrogen) atoms. The van der Waals surface area contributed by atoms with Gasteiger partial charge in [-0.15, -0.1) is 0 Å². The summed E-state index contributed by atoms with van der Waals surface area (Å²) < 4.78 is 5.47. The van der Waals surface area contributed by atoms with Gasteiger partial charge in [0, 0.05) is 16.1 Å². The number of nitrogens with one attached hydrogen (secondary N) is 2. The normalized spacial score (nSPS) is 21.1. The highest BCUT2D eigenvalue weighted by atomic mass is 35.5. The number of rotatable bonds is 5. The summed E-state index contributed by atoms with van der Waals surface area (Å²) in [5, 5.41) is 0.835. The molecule has 0 saturated carbocycles.